The van der Waals surface area contributed by atoms with Crippen molar-refractivity contribution in [2.75, 3.05) is 18.4 Å². The number of nitrogens with zero attached hydrogens (tertiary/aromatic N) is 1. The number of amides is 2. The van der Waals surface area contributed by atoms with Gasteiger partial charge in [-0.05, 0) is 43.5 Å². The first-order chi connectivity index (χ1) is 15.3. The lowest BCUT2D eigenvalue weighted by molar-refractivity contribution is -0.133. The van der Waals surface area contributed by atoms with Crippen molar-refractivity contribution in [2.24, 2.45) is 0 Å². The van der Waals surface area contributed by atoms with E-state index in [1.54, 1.807) is 11.0 Å². The molecule has 1 fully saturated rings. The van der Waals surface area contributed by atoms with E-state index in [4.69, 9.17) is 0 Å². The van der Waals surface area contributed by atoms with Crippen LogP contribution in [0, 0.1) is 6.92 Å². The lowest BCUT2D eigenvalue weighted by Crippen LogP contribution is -2.45. The molecule has 0 unspecified atom stereocenters. The lowest BCUT2D eigenvalue weighted by atomic mass is 10.1. The molecule has 9 heteroatoms. The van der Waals surface area contributed by atoms with Crippen LogP contribution in [0.1, 0.15) is 36.8 Å². The highest BCUT2D eigenvalue weighted by Gasteiger charge is 2.36. The third kappa shape index (κ3) is 5.16. The number of likely N-dealkylation sites (tertiary alicyclic amines) is 1. The molecule has 1 atom stereocenters. The fourth-order valence-electron chi connectivity index (χ4n) is 3.96. The zero-order valence-corrected chi connectivity index (χ0v) is 19.6. The topological polar surface area (TPSA) is 95.6 Å². The Balaban J connectivity index is 1.47. The Kier molecular flexibility index (Phi) is 6.88. The van der Waals surface area contributed by atoms with Gasteiger partial charge in [-0.25, -0.2) is 13.1 Å². The minimum Gasteiger partial charge on any atom is -0.341 e. The first-order valence-corrected chi connectivity index (χ1v) is 13.2. The van der Waals surface area contributed by atoms with E-state index >= 15 is 0 Å². The molecule has 0 aromatic heterocycles. The van der Waals surface area contributed by atoms with E-state index in [1.807, 2.05) is 31.2 Å². The number of sulfonamides is 1. The van der Waals surface area contributed by atoms with Crippen molar-refractivity contribution < 1.29 is 18.0 Å². The Bertz CT molecular complexity index is 1130. The van der Waals surface area contributed by atoms with Crippen LogP contribution in [0.2, 0.25) is 0 Å². The normalized spacial score (nSPS) is 19.1. The number of carbonyl (C=O) groups excluding carboxylic acids is 2. The summed E-state index contributed by atoms with van der Waals surface area (Å²) in [5, 5.41) is 1.89. The predicted octanol–water partition coefficient (Wildman–Crippen LogP) is 3.29. The second-order valence-corrected chi connectivity index (χ2v) is 11.1. The van der Waals surface area contributed by atoms with Crippen LogP contribution in [-0.4, -0.2) is 43.5 Å². The molecule has 2 heterocycles. The van der Waals surface area contributed by atoms with E-state index in [0.717, 1.165) is 36.8 Å². The molecular weight excluding hydrogens is 446 g/mol. The minimum atomic E-state index is -3.76. The number of hydrogen-bond acceptors (Lipinski definition) is 5. The fourth-order valence-corrected chi connectivity index (χ4v) is 6.06. The van der Waals surface area contributed by atoms with Gasteiger partial charge in [0.2, 0.25) is 21.8 Å². The molecule has 0 aliphatic carbocycles. The molecule has 0 spiro atoms. The summed E-state index contributed by atoms with van der Waals surface area (Å²) in [6.45, 7) is 3.49. The number of nitrogens with one attached hydrogen (secondary N) is 2. The van der Waals surface area contributed by atoms with E-state index < -0.39 is 21.2 Å². The minimum absolute atomic E-state index is 0.0714. The third-order valence-corrected chi connectivity index (χ3v) is 8.35. The summed E-state index contributed by atoms with van der Waals surface area (Å²) in [7, 11) is -3.76. The molecule has 0 radical (unpaired) electrons. The number of aryl methyl sites for hydroxylation is 1. The van der Waals surface area contributed by atoms with Crippen LogP contribution in [0.4, 0.5) is 5.69 Å². The summed E-state index contributed by atoms with van der Waals surface area (Å²) in [6.07, 6.45) is 4.12. The molecule has 170 valence electrons. The average molecular weight is 474 g/mol. The maximum Gasteiger partial charge on any atom is 0.247 e. The van der Waals surface area contributed by atoms with E-state index in [9.17, 15) is 18.0 Å². The van der Waals surface area contributed by atoms with Crippen LogP contribution in [0.15, 0.2) is 52.3 Å². The summed E-state index contributed by atoms with van der Waals surface area (Å²) in [5.74, 6) is -0.574. The molecule has 2 amide bonds. The average Bonchev–Trinajstić information content (AvgIpc) is 3.06. The van der Waals surface area contributed by atoms with Crippen LogP contribution < -0.4 is 10.0 Å². The molecule has 2 aliphatic heterocycles. The van der Waals surface area contributed by atoms with Gasteiger partial charge in [0.1, 0.15) is 0 Å². The number of carbonyl (C=O) groups is 2. The number of benzene rings is 2. The van der Waals surface area contributed by atoms with Gasteiger partial charge < -0.3 is 10.2 Å². The van der Waals surface area contributed by atoms with Gasteiger partial charge in [0.05, 0.1) is 10.6 Å². The highest BCUT2D eigenvalue weighted by atomic mass is 32.2. The van der Waals surface area contributed by atoms with Crippen molar-refractivity contribution in [3.8, 4) is 0 Å². The van der Waals surface area contributed by atoms with Crippen LogP contribution >= 0.6 is 11.8 Å². The van der Waals surface area contributed by atoms with Gasteiger partial charge in [-0.2, -0.15) is 0 Å². The molecule has 4 rings (SSSR count). The van der Waals surface area contributed by atoms with E-state index in [2.05, 4.69) is 10.0 Å². The summed E-state index contributed by atoms with van der Waals surface area (Å²) in [6, 6.07) is 12.2. The SMILES string of the molecule is Cc1cccc(CNS(=O)(=O)c2ccc3c(c2)NC(=O)[C@@H](C(=O)N2CCCCCC2)S3)c1. The molecule has 32 heavy (non-hydrogen) atoms. The van der Waals surface area contributed by atoms with E-state index in [-0.39, 0.29) is 17.3 Å². The van der Waals surface area contributed by atoms with Crippen LogP contribution in [0.5, 0.6) is 0 Å². The smallest absolute Gasteiger partial charge is 0.247 e. The Hall–Kier alpha value is -2.36. The maximum atomic E-state index is 12.9. The Morgan fingerprint density at radius 1 is 1.12 bits per heavy atom. The van der Waals surface area contributed by atoms with Crippen molar-refractivity contribution in [3.63, 3.8) is 0 Å². The molecule has 0 saturated carbocycles. The summed E-state index contributed by atoms with van der Waals surface area (Å²) in [4.78, 5) is 28.2. The Labute approximate surface area is 193 Å². The number of fused-ring (bicyclic) bond motifs is 1. The zero-order chi connectivity index (χ0) is 22.7. The molecule has 7 nitrogen and oxygen atoms in total. The van der Waals surface area contributed by atoms with E-state index in [1.165, 1.54) is 23.9 Å². The standard InChI is InChI=1S/C23H27N3O4S2/c1-16-7-6-8-17(13-16)15-24-32(29,30)18-9-10-20-19(14-18)25-22(27)21(31-20)23(28)26-11-4-2-3-5-12-26/h6-10,13-14,21,24H,2-5,11-12,15H2,1H3,(H,25,27)/t21-/m0/s1. The Morgan fingerprint density at radius 2 is 1.88 bits per heavy atom. The highest BCUT2D eigenvalue weighted by Crippen LogP contribution is 2.38. The van der Waals surface area contributed by atoms with Gasteiger partial charge in [-0.15, -0.1) is 11.8 Å². The van der Waals surface area contributed by atoms with Gasteiger partial charge in [0.25, 0.3) is 0 Å². The first kappa shape index (κ1) is 22.8. The Morgan fingerprint density at radius 3 is 2.59 bits per heavy atom. The second-order valence-electron chi connectivity index (χ2n) is 8.20. The first-order valence-electron chi connectivity index (χ1n) is 10.8. The number of rotatable bonds is 5. The largest absolute Gasteiger partial charge is 0.341 e. The lowest BCUT2D eigenvalue weighted by Gasteiger charge is -2.28. The summed E-state index contributed by atoms with van der Waals surface area (Å²) in [5.41, 5.74) is 2.34. The second kappa shape index (κ2) is 9.64. The van der Waals surface area contributed by atoms with Crippen molar-refractivity contribution in [2.45, 2.75) is 54.2 Å². The number of hydrogen-bond donors (Lipinski definition) is 2. The van der Waals surface area contributed by atoms with Crippen molar-refractivity contribution in [1.29, 1.82) is 0 Å². The highest BCUT2D eigenvalue weighted by molar-refractivity contribution is 8.01. The zero-order valence-electron chi connectivity index (χ0n) is 18.0. The predicted molar refractivity (Wildman–Crippen MR) is 125 cm³/mol. The van der Waals surface area contributed by atoms with Gasteiger partial charge >= 0.3 is 0 Å². The van der Waals surface area contributed by atoms with Gasteiger partial charge in [0.15, 0.2) is 5.25 Å². The van der Waals surface area contributed by atoms with Gasteiger partial charge in [0, 0.05) is 24.5 Å². The number of thioether (sulfide) groups is 1. The molecule has 2 aliphatic rings. The van der Waals surface area contributed by atoms with E-state index in [0.29, 0.717) is 23.7 Å². The third-order valence-electron chi connectivity index (χ3n) is 5.69. The quantitative estimate of drug-likeness (QED) is 0.650. The van der Waals surface area contributed by atoms with Crippen LogP contribution in [-0.2, 0) is 26.2 Å². The van der Waals surface area contributed by atoms with Gasteiger partial charge in [-0.1, -0.05) is 42.7 Å². The summed E-state index contributed by atoms with van der Waals surface area (Å²) >= 11 is 1.19. The van der Waals surface area contributed by atoms with Crippen molar-refractivity contribution in [3.05, 3.63) is 53.6 Å². The van der Waals surface area contributed by atoms with Crippen LogP contribution in [0.3, 0.4) is 0 Å². The maximum absolute atomic E-state index is 12.9. The van der Waals surface area contributed by atoms with Crippen molar-refractivity contribution in [1.82, 2.24) is 9.62 Å². The molecule has 2 aromatic rings. The van der Waals surface area contributed by atoms with Crippen molar-refractivity contribution >= 4 is 39.3 Å². The fraction of sp³-hybridized carbons (Fsp3) is 0.391. The molecule has 2 aromatic carbocycles. The molecule has 1 saturated heterocycles. The van der Waals surface area contributed by atoms with Crippen LogP contribution in [0.25, 0.3) is 0 Å². The summed E-state index contributed by atoms with van der Waals surface area (Å²) < 4.78 is 28.2. The number of anilines is 1. The molecule has 0 bridgehead atoms. The molecular formula is C23H27N3O4S2. The monoisotopic (exact) mass is 473 g/mol. The molecule has 2 N–H and O–H groups in total. The van der Waals surface area contributed by atoms with Gasteiger partial charge in [-0.3, -0.25) is 9.59 Å².